The summed E-state index contributed by atoms with van der Waals surface area (Å²) in [5.74, 6) is 0.109. The molecule has 24 heavy (non-hydrogen) atoms. The third-order valence-electron chi connectivity index (χ3n) is 4.57. The minimum absolute atomic E-state index is 0.0618. The lowest BCUT2D eigenvalue weighted by atomic mass is 10.0. The van der Waals surface area contributed by atoms with E-state index in [-0.39, 0.29) is 11.9 Å². The van der Waals surface area contributed by atoms with E-state index in [1.807, 2.05) is 37.0 Å². The number of carbonyl (C=O) groups excluding carboxylic acids is 1. The summed E-state index contributed by atoms with van der Waals surface area (Å²) in [4.78, 5) is 19.1. The molecule has 6 heteroatoms. The van der Waals surface area contributed by atoms with Gasteiger partial charge in [0.15, 0.2) is 0 Å². The molecule has 1 aliphatic rings. The Morgan fingerprint density at radius 2 is 2.29 bits per heavy atom. The SMILES string of the molecule is Cc1cc(CNC(=O)C2CCCCN2Cc2cccnc2)n(C)n1. The third kappa shape index (κ3) is 4.00. The van der Waals surface area contributed by atoms with E-state index in [1.165, 1.54) is 0 Å². The number of hydrogen-bond acceptors (Lipinski definition) is 4. The molecule has 1 saturated heterocycles. The van der Waals surface area contributed by atoms with Gasteiger partial charge >= 0.3 is 0 Å². The lowest BCUT2D eigenvalue weighted by molar-refractivity contribution is -0.128. The number of nitrogens with one attached hydrogen (secondary N) is 1. The molecular weight excluding hydrogens is 302 g/mol. The van der Waals surface area contributed by atoms with Crippen molar-refractivity contribution in [3.63, 3.8) is 0 Å². The summed E-state index contributed by atoms with van der Waals surface area (Å²) < 4.78 is 1.82. The molecule has 0 aromatic carbocycles. The topological polar surface area (TPSA) is 63.1 Å². The average molecular weight is 327 g/mol. The average Bonchev–Trinajstić information content (AvgIpc) is 2.91. The van der Waals surface area contributed by atoms with Crippen LogP contribution in [0.3, 0.4) is 0 Å². The van der Waals surface area contributed by atoms with Gasteiger partial charge < -0.3 is 5.32 Å². The Balaban J connectivity index is 1.61. The number of likely N-dealkylation sites (tertiary alicyclic amines) is 1. The predicted octanol–water partition coefficient (Wildman–Crippen LogP) is 1.79. The Morgan fingerprint density at radius 1 is 1.42 bits per heavy atom. The molecule has 0 radical (unpaired) electrons. The number of carbonyl (C=O) groups is 1. The molecule has 6 nitrogen and oxygen atoms in total. The van der Waals surface area contributed by atoms with Crippen molar-refractivity contribution in [2.24, 2.45) is 7.05 Å². The summed E-state index contributed by atoms with van der Waals surface area (Å²) in [5, 5.41) is 7.40. The highest BCUT2D eigenvalue weighted by atomic mass is 16.2. The predicted molar refractivity (Wildman–Crippen MR) is 92.1 cm³/mol. The maximum Gasteiger partial charge on any atom is 0.237 e. The van der Waals surface area contributed by atoms with E-state index < -0.39 is 0 Å². The van der Waals surface area contributed by atoms with Crippen molar-refractivity contribution in [2.45, 2.75) is 45.3 Å². The Bertz CT molecular complexity index is 682. The Labute approximate surface area is 142 Å². The van der Waals surface area contributed by atoms with Crippen LogP contribution < -0.4 is 5.32 Å². The van der Waals surface area contributed by atoms with E-state index >= 15 is 0 Å². The molecule has 3 rings (SSSR count). The van der Waals surface area contributed by atoms with Crippen molar-refractivity contribution < 1.29 is 4.79 Å². The van der Waals surface area contributed by atoms with Crippen molar-refractivity contribution in [3.8, 4) is 0 Å². The molecular formula is C18H25N5O. The molecule has 0 aliphatic carbocycles. The summed E-state index contributed by atoms with van der Waals surface area (Å²) in [6, 6.07) is 5.95. The van der Waals surface area contributed by atoms with Crippen LogP contribution in [0.1, 0.15) is 36.2 Å². The summed E-state index contributed by atoms with van der Waals surface area (Å²) in [5.41, 5.74) is 3.15. The Morgan fingerprint density at radius 3 is 3.00 bits per heavy atom. The van der Waals surface area contributed by atoms with Gasteiger partial charge in [-0.3, -0.25) is 19.4 Å². The van der Waals surface area contributed by atoms with Gasteiger partial charge in [0.2, 0.25) is 5.91 Å². The molecule has 2 aromatic rings. The van der Waals surface area contributed by atoms with E-state index in [4.69, 9.17) is 0 Å². The first-order valence-electron chi connectivity index (χ1n) is 8.53. The van der Waals surface area contributed by atoms with Gasteiger partial charge in [0.25, 0.3) is 0 Å². The smallest absolute Gasteiger partial charge is 0.237 e. The first-order chi connectivity index (χ1) is 11.6. The van der Waals surface area contributed by atoms with Crippen LogP contribution in [0, 0.1) is 6.92 Å². The maximum absolute atomic E-state index is 12.7. The van der Waals surface area contributed by atoms with Crippen molar-refractivity contribution in [2.75, 3.05) is 6.54 Å². The van der Waals surface area contributed by atoms with Crippen LogP contribution in [-0.4, -0.2) is 38.2 Å². The zero-order chi connectivity index (χ0) is 16.9. The van der Waals surface area contributed by atoms with Crippen molar-refractivity contribution in [1.82, 2.24) is 25.0 Å². The lowest BCUT2D eigenvalue weighted by Gasteiger charge is -2.34. The van der Waals surface area contributed by atoms with Gasteiger partial charge in [0.1, 0.15) is 0 Å². The fraction of sp³-hybridized carbons (Fsp3) is 0.500. The number of hydrogen-bond donors (Lipinski definition) is 1. The molecule has 1 atom stereocenters. The highest BCUT2D eigenvalue weighted by molar-refractivity contribution is 5.81. The molecule has 128 valence electrons. The lowest BCUT2D eigenvalue weighted by Crippen LogP contribution is -2.48. The largest absolute Gasteiger partial charge is 0.349 e. The summed E-state index contributed by atoms with van der Waals surface area (Å²) >= 11 is 0. The highest BCUT2D eigenvalue weighted by Gasteiger charge is 2.28. The number of pyridine rings is 1. The number of piperidine rings is 1. The van der Waals surface area contributed by atoms with Gasteiger partial charge in [0, 0.05) is 26.0 Å². The minimum atomic E-state index is -0.0618. The quantitative estimate of drug-likeness (QED) is 0.909. The van der Waals surface area contributed by atoms with Crippen LogP contribution in [0.15, 0.2) is 30.6 Å². The summed E-state index contributed by atoms with van der Waals surface area (Å²) in [6.45, 7) is 4.21. The fourth-order valence-electron chi connectivity index (χ4n) is 3.33. The molecule has 1 fully saturated rings. The second-order valence-electron chi connectivity index (χ2n) is 6.46. The normalized spacial score (nSPS) is 18.5. The first kappa shape index (κ1) is 16.6. The van der Waals surface area contributed by atoms with Crippen LogP contribution in [0.2, 0.25) is 0 Å². The number of aryl methyl sites for hydroxylation is 2. The molecule has 0 bridgehead atoms. The number of rotatable bonds is 5. The third-order valence-corrected chi connectivity index (χ3v) is 4.57. The van der Waals surface area contributed by atoms with E-state index in [9.17, 15) is 4.79 Å². The molecule has 1 N–H and O–H groups in total. The molecule has 2 aromatic heterocycles. The maximum atomic E-state index is 12.7. The van der Waals surface area contributed by atoms with Crippen LogP contribution in [0.4, 0.5) is 0 Å². The molecule has 0 spiro atoms. The highest BCUT2D eigenvalue weighted by Crippen LogP contribution is 2.19. The number of nitrogens with zero attached hydrogens (tertiary/aromatic N) is 4. The van der Waals surface area contributed by atoms with Gasteiger partial charge in [-0.1, -0.05) is 12.5 Å². The molecule has 1 amide bonds. The fourth-order valence-corrected chi connectivity index (χ4v) is 3.33. The molecule has 1 unspecified atom stereocenters. The van der Waals surface area contributed by atoms with Crippen molar-refractivity contribution >= 4 is 5.91 Å². The van der Waals surface area contributed by atoms with Gasteiger partial charge in [-0.15, -0.1) is 0 Å². The van der Waals surface area contributed by atoms with E-state index in [2.05, 4.69) is 26.4 Å². The monoisotopic (exact) mass is 327 g/mol. The zero-order valence-corrected chi connectivity index (χ0v) is 14.4. The van der Waals surface area contributed by atoms with Crippen molar-refractivity contribution in [3.05, 3.63) is 47.5 Å². The van der Waals surface area contributed by atoms with Crippen molar-refractivity contribution in [1.29, 1.82) is 0 Å². The minimum Gasteiger partial charge on any atom is -0.349 e. The Hall–Kier alpha value is -2.21. The van der Waals surface area contributed by atoms with Gasteiger partial charge in [-0.05, 0) is 44.0 Å². The van der Waals surface area contributed by atoms with Crippen LogP contribution >= 0.6 is 0 Å². The zero-order valence-electron chi connectivity index (χ0n) is 14.4. The number of amides is 1. The second kappa shape index (κ2) is 7.57. The molecule has 1 aliphatic heterocycles. The van der Waals surface area contributed by atoms with Crippen LogP contribution in [-0.2, 0) is 24.9 Å². The molecule has 3 heterocycles. The number of aromatic nitrogens is 3. The second-order valence-corrected chi connectivity index (χ2v) is 6.46. The van der Waals surface area contributed by atoms with Gasteiger partial charge in [-0.2, -0.15) is 5.10 Å². The first-order valence-corrected chi connectivity index (χ1v) is 8.53. The summed E-state index contributed by atoms with van der Waals surface area (Å²) in [6.07, 6.45) is 6.82. The standard InChI is InChI=1S/C18H25N5O/c1-14-10-16(22(2)21-14)12-20-18(24)17-7-3-4-9-23(17)13-15-6-5-8-19-11-15/h5-6,8,10-11,17H,3-4,7,9,12-13H2,1-2H3,(H,20,24). The van der Waals surface area contributed by atoms with Gasteiger partial charge in [0.05, 0.1) is 24.0 Å². The van der Waals surface area contributed by atoms with E-state index in [1.54, 1.807) is 6.20 Å². The van der Waals surface area contributed by atoms with Gasteiger partial charge in [-0.25, -0.2) is 0 Å². The summed E-state index contributed by atoms with van der Waals surface area (Å²) in [7, 11) is 1.91. The van der Waals surface area contributed by atoms with E-state index in [0.29, 0.717) is 6.54 Å². The van der Waals surface area contributed by atoms with Crippen LogP contribution in [0.5, 0.6) is 0 Å². The van der Waals surface area contributed by atoms with Crippen LogP contribution in [0.25, 0.3) is 0 Å². The Kier molecular flexibility index (Phi) is 5.25. The molecule has 0 saturated carbocycles. The van der Waals surface area contributed by atoms with E-state index in [0.717, 1.165) is 49.3 Å².